The average Bonchev–Trinajstić information content (AvgIpc) is 3.09. The minimum atomic E-state index is -0.187. The Morgan fingerprint density at radius 3 is 2.73 bits per heavy atom. The Morgan fingerprint density at radius 1 is 1.08 bits per heavy atom. The van der Waals surface area contributed by atoms with Gasteiger partial charge in [0.15, 0.2) is 11.5 Å². The summed E-state index contributed by atoms with van der Waals surface area (Å²) in [6.07, 6.45) is 3.15. The number of hydrogen-bond acceptors (Lipinski definition) is 4. The summed E-state index contributed by atoms with van der Waals surface area (Å²) >= 11 is 0. The van der Waals surface area contributed by atoms with Gasteiger partial charge >= 0.3 is 0 Å². The summed E-state index contributed by atoms with van der Waals surface area (Å²) < 4.78 is 16.8. The zero-order valence-electron chi connectivity index (χ0n) is 14.4. The Balaban J connectivity index is 1.42. The summed E-state index contributed by atoms with van der Waals surface area (Å²) in [6.45, 7) is 3.03. The van der Waals surface area contributed by atoms with Gasteiger partial charge in [0, 0.05) is 11.5 Å². The van der Waals surface area contributed by atoms with Gasteiger partial charge in [0.1, 0.15) is 24.6 Å². The number of fused-ring (bicyclic) bond motifs is 2. The Hall–Kier alpha value is -3.21. The van der Waals surface area contributed by atoms with E-state index in [4.69, 9.17) is 13.9 Å². The van der Waals surface area contributed by atoms with Crippen LogP contribution in [0.2, 0.25) is 0 Å². The lowest BCUT2D eigenvalue weighted by Gasteiger charge is -2.20. The third kappa shape index (κ3) is 3.42. The van der Waals surface area contributed by atoms with Gasteiger partial charge in [0.25, 0.3) is 0 Å². The molecule has 1 aliphatic rings. The molecule has 0 saturated heterocycles. The molecule has 1 atom stereocenters. The quantitative estimate of drug-likeness (QED) is 0.721. The standard InChI is InChI=1S/C21H19NO4/c1-14(15-6-8-19-20(13-15)25-11-10-24-19)22-21(23)9-7-17-12-16-4-2-3-5-18(16)26-17/h2-9,12-14H,10-11H2,1H3,(H,22,23)/b9-7+. The molecule has 132 valence electrons. The molecule has 1 N–H and O–H groups in total. The molecule has 0 saturated carbocycles. The molecule has 1 aromatic heterocycles. The number of nitrogens with one attached hydrogen (secondary N) is 1. The number of hydrogen-bond donors (Lipinski definition) is 1. The van der Waals surface area contributed by atoms with Crippen LogP contribution in [0.4, 0.5) is 0 Å². The van der Waals surface area contributed by atoms with Crippen LogP contribution in [0.25, 0.3) is 17.0 Å². The third-order valence-electron chi connectivity index (χ3n) is 4.27. The first kappa shape index (κ1) is 16.3. The van der Waals surface area contributed by atoms with E-state index in [-0.39, 0.29) is 11.9 Å². The lowest BCUT2D eigenvalue weighted by molar-refractivity contribution is -0.117. The number of furan rings is 1. The number of benzene rings is 2. The molecule has 1 unspecified atom stereocenters. The minimum absolute atomic E-state index is 0.154. The second-order valence-electron chi connectivity index (χ2n) is 6.15. The van der Waals surface area contributed by atoms with Crippen molar-refractivity contribution in [3.8, 4) is 11.5 Å². The highest BCUT2D eigenvalue weighted by Crippen LogP contribution is 2.32. The maximum atomic E-state index is 12.2. The Kier molecular flexibility index (Phi) is 4.35. The number of rotatable bonds is 4. The number of para-hydroxylation sites is 1. The van der Waals surface area contributed by atoms with E-state index in [0.29, 0.717) is 24.7 Å². The van der Waals surface area contributed by atoms with Crippen LogP contribution in [0, 0.1) is 0 Å². The maximum absolute atomic E-state index is 12.2. The van der Waals surface area contributed by atoms with Gasteiger partial charge in [0.05, 0.1) is 6.04 Å². The van der Waals surface area contributed by atoms with E-state index in [2.05, 4.69) is 5.32 Å². The highest BCUT2D eigenvalue weighted by molar-refractivity contribution is 5.92. The van der Waals surface area contributed by atoms with Crippen LogP contribution >= 0.6 is 0 Å². The van der Waals surface area contributed by atoms with Crippen molar-refractivity contribution in [3.05, 3.63) is 65.9 Å². The zero-order chi connectivity index (χ0) is 17.9. The Bertz CT molecular complexity index is 940. The molecule has 4 rings (SSSR count). The van der Waals surface area contributed by atoms with Crippen molar-refractivity contribution in [1.82, 2.24) is 5.32 Å². The molecular formula is C21H19NO4. The van der Waals surface area contributed by atoms with Crippen LogP contribution in [-0.2, 0) is 4.79 Å². The SMILES string of the molecule is CC(NC(=O)/C=C/c1cc2ccccc2o1)c1ccc2c(c1)OCCO2. The molecular weight excluding hydrogens is 330 g/mol. The molecule has 5 heteroatoms. The topological polar surface area (TPSA) is 60.7 Å². The maximum Gasteiger partial charge on any atom is 0.244 e. The predicted molar refractivity (Wildman–Crippen MR) is 99.2 cm³/mol. The largest absolute Gasteiger partial charge is 0.486 e. The summed E-state index contributed by atoms with van der Waals surface area (Å²) in [4.78, 5) is 12.2. The number of amides is 1. The van der Waals surface area contributed by atoms with E-state index in [1.165, 1.54) is 6.08 Å². The van der Waals surface area contributed by atoms with Crippen LogP contribution in [0.5, 0.6) is 11.5 Å². The van der Waals surface area contributed by atoms with Crippen LogP contribution in [0.3, 0.4) is 0 Å². The van der Waals surface area contributed by atoms with E-state index in [1.54, 1.807) is 6.08 Å². The molecule has 1 aliphatic heterocycles. The summed E-state index contributed by atoms with van der Waals surface area (Å²) in [6, 6.07) is 15.2. The van der Waals surface area contributed by atoms with Crippen molar-refractivity contribution in [2.75, 3.05) is 13.2 Å². The van der Waals surface area contributed by atoms with Crippen LogP contribution in [0.15, 0.2) is 59.0 Å². The Labute approximate surface area is 151 Å². The van der Waals surface area contributed by atoms with E-state index >= 15 is 0 Å². The highest BCUT2D eigenvalue weighted by Gasteiger charge is 2.15. The third-order valence-corrected chi connectivity index (χ3v) is 4.27. The number of carbonyl (C=O) groups excluding carboxylic acids is 1. The second-order valence-corrected chi connectivity index (χ2v) is 6.15. The average molecular weight is 349 g/mol. The van der Waals surface area contributed by atoms with Gasteiger partial charge in [0.2, 0.25) is 5.91 Å². The normalized spacial score (nSPS) is 14.5. The van der Waals surface area contributed by atoms with Crippen molar-refractivity contribution in [1.29, 1.82) is 0 Å². The molecule has 26 heavy (non-hydrogen) atoms. The van der Waals surface area contributed by atoms with Crippen molar-refractivity contribution in [2.24, 2.45) is 0 Å². The molecule has 0 radical (unpaired) electrons. The van der Waals surface area contributed by atoms with E-state index in [1.807, 2.05) is 55.5 Å². The zero-order valence-corrected chi connectivity index (χ0v) is 14.4. The highest BCUT2D eigenvalue weighted by atomic mass is 16.6. The molecule has 0 bridgehead atoms. The van der Waals surface area contributed by atoms with E-state index in [0.717, 1.165) is 22.3 Å². The van der Waals surface area contributed by atoms with Gasteiger partial charge < -0.3 is 19.2 Å². The smallest absolute Gasteiger partial charge is 0.244 e. The molecule has 0 aliphatic carbocycles. The molecule has 2 heterocycles. The monoisotopic (exact) mass is 349 g/mol. The first-order valence-electron chi connectivity index (χ1n) is 8.56. The van der Waals surface area contributed by atoms with Gasteiger partial charge in [-0.2, -0.15) is 0 Å². The summed E-state index contributed by atoms with van der Waals surface area (Å²) in [7, 11) is 0. The summed E-state index contributed by atoms with van der Waals surface area (Å²) in [5.41, 5.74) is 1.76. The second kappa shape index (κ2) is 6.96. The van der Waals surface area contributed by atoms with E-state index < -0.39 is 0 Å². The van der Waals surface area contributed by atoms with Crippen molar-refractivity contribution >= 4 is 23.0 Å². The first-order chi connectivity index (χ1) is 12.7. The predicted octanol–water partition coefficient (Wildman–Crippen LogP) is 4.09. The lowest BCUT2D eigenvalue weighted by Crippen LogP contribution is -2.25. The van der Waals surface area contributed by atoms with E-state index in [9.17, 15) is 4.79 Å². The molecule has 0 spiro atoms. The summed E-state index contributed by atoms with van der Waals surface area (Å²) in [5.74, 6) is 1.91. The number of carbonyl (C=O) groups is 1. The van der Waals surface area contributed by atoms with Gasteiger partial charge in [-0.1, -0.05) is 24.3 Å². The van der Waals surface area contributed by atoms with Gasteiger partial charge in [-0.05, 0) is 42.8 Å². The molecule has 0 fully saturated rings. The summed E-state index contributed by atoms with van der Waals surface area (Å²) in [5, 5.41) is 3.95. The molecule has 5 nitrogen and oxygen atoms in total. The lowest BCUT2D eigenvalue weighted by atomic mass is 10.1. The fourth-order valence-corrected chi connectivity index (χ4v) is 2.92. The van der Waals surface area contributed by atoms with Crippen LogP contribution < -0.4 is 14.8 Å². The van der Waals surface area contributed by atoms with Gasteiger partial charge in [-0.15, -0.1) is 0 Å². The Morgan fingerprint density at radius 2 is 1.88 bits per heavy atom. The number of ether oxygens (including phenoxy) is 2. The van der Waals surface area contributed by atoms with Crippen LogP contribution in [0.1, 0.15) is 24.3 Å². The van der Waals surface area contributed by atoms with Crippen molar-refractivity contribution in [3.63, 3.8) is 0 Å². The fraction of sp³-hybridized carbons (Fsp3) is 0.190. The van der Waals surface area contributed by atoms with Crippen molar-refractivity contribution < 1.29 is 18.7 Å². The molecule has 2 aromatic carbocycles. The molecule has 3 aromatic rings. The first-order valence-corrected chi connectivity index (χ1v) is 8.56. The fourth-order valence-electron chi connectivity index (χ4n) is 2.92. The van der Waals surface area contributed by atoms with Crippen molar-refractivity contribution in [2.45, 2.75) is 13.0 Å². The van der Waals surface area contributed by atoms with Gasteiger partial charge in [-0.25, -0.2) is 0 Å². The van der Waals surface area contributed by atoms with Crippen LogP contribution in [-0.4, -0.2) is 19.1 Å². The molecule has 1 amide bonds. The van der Waals surface area contributed by atoms with Gasteiger partial charge in [-0.3, -0.25) is 4.79 Å². The minimum Gasteiger partial charge on any atom is -0.486 e.